The van der Waals surface area contributed by atoms with E-state index in [1.165, 1.54) is 0 Å². The lowest BCUT2D eigenvalue weighted by Crippen LogP contribution is -2.55. The largest absolute Gasteiger partial charge is 0.462 e. The molecule has 0 saturated heterocycles. The van der Waals surface area contributed by atoms with Crippen LogP contribution in [0.25, 0.3) is 0 Å². The first-order valence-corrected chi connectivity index (χ1v) is 10.4. The van der Waals surface area contributed by atoms with Gasteiger partial charge in [-0.15, -0.1) is 0 Å². The number of hydrogen-bond acceptors (Lipinski definition) is 12. The molecular formula is C23H28O12. The summed E-state index contributed by atoms with van der Waals surface area (Å²) in [7, 11) is 0. The van der Waals surface area contributed by atoms with E-state index in [-0.39, 0.29) is 6.61 Å². The fourth-order valence-electron chi connectivity index (χ4n) is 2.89. The number of rotatable bonds is 12. The van der Waals surface area contributed by atoms with Gasteiger partial charge in [-0.25, -0.2) is 4.79 Å². The highest BCUT2D eigenvalue weighted by Gasteiger charge is 2.47. The number of hydrogen-bond donors (Lipinski definition) is 0. The maximum absolute atomic E-state index is 13.0. The molecule has 1 aromatic rings. The van der Waals surface area contributed by atoms with Crippen LogP contribution in [0.2, 0.25) is 0 Å². The van der Waals surface area contributed by atoms with Crippen LogP contribution in [-0.2, 0) is 63.8 Å². The molecule has 0 aromatic heterocycles. The van der Waals surface area contributed by atoms with E-state index in [9.17, 15) is 28.8 Å². The Balaban J connectivity index is 3.42. The zero-order chi connectivity index (χ0) is 26.5. The second-order valence-electron chi connectivity index (χ2n) is 7.22. The Morgan fingerprint density at radius 3 is 1.63 bits per heavy atom. The SMILES string of the molecule is CC(=O)OCC(OC(C)=O)C(OC(C)=O)C(OC(C)=O)C(OC(C)=O)C(=O)OCc1ccccc1. The topological polar surface area (TPSA) is 158 Å². The van der Waals surface area contributed by atoms with Gasteiger partial charge in [-0.1, -0.05) is 30.3 Å². The molecule has 0 amide bonds. The highest BCUT2D eigenvalue weighted by Crippen LogP contribution is 2.21. The minimum atomic E-state index is -1.93. The number of carbonyl (C=O) groups is 6. The van der Waals surface area contributed by atoms with Gasteiger partial charge in [-0.2, -0.15) is 0 Å². The molecule has 0 fully saturated rings. The van der Waals surface area contributed by atoms with Gasteiger partial charge < -0.3 is 28.4 Å². The molecule has 1 aromatic carbocycles. The molecular weight excluding hydrogens is 468 g/mol. The molecule has 0 heterocycles. The van der Waals surface area contributed by atoms with Crippen molar-refractivity contribution in [2.75, 3.05) is 6.61 Å². The molecule has 4 unspecified atom stereocenters. The van der Waals surface area contributed by atoms with Crippen molar-refractivity contribution in [1.82, 2.24) is 0 Å². The fourth-order valence-corrected chi connectivity index (χ4v) is 2.89. The lowest BCUT2D eigenvalue weighted by atomic mass is 10.0. The smallest absolute Gasteiger partial charge is 0.351 e. The van der Waals surface area contributed by atoms with Crippen molar-refractivity contribution in [3.05, 3.63) is 35.9 Å². The lowest BCUT2D eigenvalue weighted by molar-refractivity contribution is -0.208. The zero-order valence-electron chi connectivity index (χ0n) is 20.0. The molecule has 192 valence electrons. The standard InChI is InChI=1S/C23H28O12/c1-13(24)30-12-19(32-14(2)25)20(33-15(3)26)21(34-16(4)27)22(35-17(5)28)23(29)31-11-18-9-7-6-8-10-18/h6-10,19-22H,11-12H2,1-5H3. The molecule has 12 heteroatoms. The van der Waals surface area contributed by atoms with Gasteiger partial charge in [0.15, 0.2) is 18.3 Å². The van der Waals surface area contributed by atoms with Crippen molar-refractivity contribution < 1.29 is 57.2 Å². The summed E-state index contributed by atoms with van der Waals surface area (Å²) in [6, 6.07) is 8.53. The van der Waals surface area contributed by atoms with Crippen LogP contribution in [-0.4, -0.2) is 66.8 Å². The Bertz CT molecular complexity index is 910. The van der Waals surface area contributed by atoms with E-state index in [0.717, 1.165) is 34.6 Å². The molecule has 0 N–H and O–H groups in total. The summed E-state index contributed by atoms with van der Waals surface area (Å²) in [5.74, 6) is -5.58. The maximum atomic E-state index is 13.0. The van der Waals surface area contributed by atoms with Gasteiger partial charge in [0.2, 0.25) is 6.10 Å². The minimum absolute atomic E-state index is 0.219. The summed E-state index contributed by atoms with van der Waals surface area (Å²) in [5, 5.41) is 0. The Morgan fingerprint density at radius 2 is 1.14 bits per heavy atom. The average molecular weight is 496 g/mol. The Kier molecular flexibility index (Phi) is 11.9. The Morgan fingerprint density at radius 1 is 0.629 bits per heavy atom. The second-order valence-corrected chi connectivity index (χ2v) is 7.22. The van der Waals surface area contributed by atoms with Crippen molar-refractivity contribution >= 4 is 35.8 Å². The summed E-state index contributed by atoms with van der Waals surface area (Å²) in [5.41, 5.74) is 0.607. The highest BCUT2D eigenvalue weighted by molar-refractivity contribution is 5.80. The summed E-state index contributed by atoms with van der Waals surface area (Å²) < 4.78 is 30.7. The van der Waals surface area contributed by atoms with E-state index in [1.54, 1.807) is 30.3 Å². The molecule has 35 heavy (non-hydrogen) atoms. The summed E-state index contributed by atoms with van der Waals surface area (Å²) in [6.45, 7) is 4.25. The molecule has 0 bridgehead atoms. The van der Waals surface area contributed by atoms with Gasteiger partial charge in [0.1, 0.15) is 13.2 Å². The number of carbonyl (C=O) groups excluding carboxylic acids is 6. The molecule has 0 spiro atoms. The van der Waals surface area contributed by atoms with Crippen molar-refractivity contribution in [1.29, 1.82) is 0 Å². The predicted molar refractivity (Wildman–Crippen MR) is 115 cm³/mol. The molecule has 0 radical (unpaired) electrons. The molecule has 12 nitrogen and oxygen atoms in total. The van der Waals surface area contributed by atoms with E-state index in [4.69, 9.17) is 28.4 Å². The third kappa shape index (κ3) is 11.1. The van der Waals surface area contributed by atoms with Crippen LogP contribution >= 0.6 is 0 Å². The normalized spacial score (nSPS) is 13.7. The monoisotopic (exact) mass is 496 g/mol. The van der Waals surface area contributed by atoms with Crippen LogP contribution in [0.1, 0.15) is 40.2 Å². The minimum Gasteiger partial charge on any atom is -0.462 e. The molecule has 4 atom stereocenters. The van der Waals surface area contributed by atoms with Gasteiger partial charge >= 0.3 is 35.8 Å². The second kappa shape index (κ2) is 14.3. The van der Waals surface area contributed by atoms with E-state index < -0.39 is 66.8 Å². The Hall–Kier alpha value is -3.96. The quantitative estimate of drug-likeness (QED) is 0.299. The highest BCUT2D eigenvalue weighted by atomic mass is 16.6. The van der Waals surface area contributed by atoms with E-state index in [0.29, 0.717) is 5.56 Å². The van der Waals surface area contributed by atoms with Gasteiger partial charge in [0.25, 0.3) is 0 Å². The van der Waals surface area contributed by atoms with E-state index in [2.05, 4.69) is 0 Å². The van der Waals surface area contributed by atoms with Crippen LogP contribution < -0.4 is 0 Å². The fraction of sp³-hybridized carbons (Fsp3) is 0.478. The number of ether oxygens (including phenoxy) is 6. The van der Waals surface area contributed by atoms with Crippen LogP contribution in [0, 0.1) is 0 Å². The third-order valence-corrected chi connectivity index (χ3v) is 4.11. The predicted octanol–water partition coefficient (Wildman–Crippen LogP) is 1.02. The maximum Gasteiger partial charge on any atom is 0.351 e. The van der Waals surface area contributed by atoms with Crippen molar-refractivity contribution in [3.63, 3.8) is 0 Å². The first-order chi connectivity index (χ1) is 16.4. The number of benzene rings is 1. The Labute approximate surface area is 201 Å². The van der Waals surface area contributed by atoms with Gasteiger partial charge in [-0.05, 0) is 5.56 Å². The van der Waals surface area contributed by atoms with Crippen molar-refractivity contribution in [2.24, 2.45) is 0 Å². The molecule has 0 aliphatic carbocycles. The molecule has 0 aliphatic heterocycles. The summed E-state index contributed by atoms with van der Waals surface area (Å²) in [4.78, 5) is 71.5. The van der Waals surface area contributed by atoms with Gasteiger partial charge in [0, 0.05) is 34.6 Å². The first-order valence-electron chi connectivity index (χ1n) is 10.4. The van der Waals surface area contributed by atoms with E-state index >= 15 is 0 Å². The van der Waals surface area contributed by atoms with Crippen molar-refractivity contribution in [2.45, 2.75) is 65.6 Å². The van der Waals surface area contributed by atoms with Crippen LogP contribution in [0.4, 0.5) is 0 Å². The zero-order valence-corrected chi connectivity index (χ0v) is 20.0. The van der Waals surface area contributed by atoms with Crippen LogP contribution in [0.5, 0.6) is 0 Å². The molecule has 1 rings (SSSR count). The van der Waals surface area contributed by atoms with Gasteiger partial charge in [-0.3, -0.25) is 24.0 Å². The van der Waals surface area contributed by atoms with Gasteiger partial charge in [0.05, 0.1) is 0 Å². The first kappa shape index (κ1) is 29.1. The van der Waals surface area contributed by atoms with Crippen molar-refractivity contribution in [3.8, 4) is 0 Å². The number of esters is 6. The van der Waals surface area contributed by atoms with Crippen LogP contribution in [0.3, 0.4) is 0 Å². The molecule has 0 aliphatic rings. The third-order valence-electron chi connectivity index (χ3n) is 4.11. The molecule has 0 saturated carbocycles. The summed E-state index contributed by atoms with van der Waals surface area (Å²) >= 11 is 0. The van der Waals surface area contributed by atoms with Crippen LogP contribution in [0.15, 0.2) is 30.3 Å². The lowest BCUT2D eigenvalue weighted by Gasteiger charge is -2.34. The van der Waals surface area contributed by atoms with E-state index in [1.807, 2.05) is 0 Å². The average Bonchev–Trinajstić information content (AvgIpc) is 2.75. The summed E-state index contributed by atoms with van der Waals surface area (Å²) in [6.07, 6.45) is -7.03.